The molecule has 3 aromatic carbocycles. The molecular formula is C30H36N2O2. The lowest BCUT2D eigenvalue weighted by atomic mass is 9.88. The highest BCUT2D eigenvalue weighted by atomic mass is 16.2. The third-order valence-electron chi connectivity index (χ3n) is 6.07. The van der Waals surface area contributed by atoms with Crippen molar-refractivity contribution in [2.75, 3.05) is 0 Å². The Morgan fingerprint density at radius 2 is 1.35 bits per heavy atom. The van der Waals surface area contributed by atoms with Gasteiger partial charge in [0.2, 0.25) is 11.8 Å². The average molecular weight is 457 g/mol. The molecule has 34 heavy (non-hydrogen) atoms. The minimum atomic E-state index is -0.525. The first-order chi connectivity index (χ1) is 16.4. The van der Waals surface area contributed by atoms with E-state index < -0.39 is 6.04 Å². The van der Waals surface area contributed by atoms with Crippen LogP contribution in [0.5, 0.6) is 0 Å². The van der Waals surface area contributed by atoms with Crippen molar-refractivity contribution in [1.29, 1.82) is 0 Å². The Morgan fingerprint density at radius 3 is 1.82 bits per heavy atom. The molecule has 3 rings (SSSR count). The van der Waals surface area contributed by atoms with Gasteiger partial charge in [0.1, 0.15) is 6.04 Å². The van der Waals surface area contributed by atoms with Crippen molar-refractivity contribution in [2.45, 2.75) is 65.1 Å². The number of benzene rings is 3. The number of carbonyl (C=O) groups excluding carboxylic acids is 2. The lowest BCUT2D eigenvalue weighted by Crippen LogP contribution is -2.50. The highest BCUT2D eigenvalue weighted by Crippen LogP contribution is 2.29. The topological polar surface area (TPSA) is 49.4 Å². The zero-order chi connectivity index (χ0) is 24.5. The standard InChI is InChI=1S/C30H36N2O2/c1-5-28(30(34)31-22(2)3)32(21-24-18-16-23(4)17-19-24)29(33)20-27(25-12-8-6-9-13-25)26-14-10-7-11-15-26/h6-19,22,27-28H,5,20-21H2,1-4H3,(H,31,34). The van der Waals surface area contributed by atoms with Crippen LogP contribution in [-0.4, -0.2) is 28.8 Å². The third kappa shape index (κ3) is 6.80. The fourth-order valence-corrected chi connectivity index (χ4v) is 4.28. The van der Waals surface area contributed by atoms with E-state index in [-0.39, 0.29) is 23.8 Å². The summed E-state index contributed by atoms with van der Waals surface area (Å²) in [4.78, 5) is 28.8. The zero-order valence-electron chi connectivity index (χ0n) is 20.7. The highest BCUT2D eigenvalue weighted by molar-refractivity contribution is 5.88. The van der Waals surface area contributed by atoms with Gasteiger partial charge in [-0.2, -0.15) is 0 Å². The molecular weight excluding hydrogens is 420 g/mol. The van der Waals surface area contributed by atoms with Crippen LogP contribution < -0.4 is 5.32 Å². The normalized spacial score (nSPS) is 11.9. The molecule has 0 aliphatic carbocycles. The fraction of sp³-hybridized carbons (Fsp3) is 0.333. The van der Waals surface area contributed by atoms with Crippen LogP contribution in [0.25, 0.3) is 0 Å². The van der Waals surface area contributed by atoms with Gasteiger partial charge in [-0.15, -0.1) is 0 Å². The predicted molar refractivity (Wildman–Crippen MR) is 138 cm³/mol. The number of nitrogens with zero attached hydrogens (tertiary/aromatic N) is 1. The Labute approximate surface area is 204 Å². The number of carbonyl (C=O) groups is 2. The molecule has 0 spiro atoms. The summed E-state index contributed by atoms with van der Waals surface area (Å²) < 4.78 is 0. The molecule has 0 bridgehead atoms. The molecule has 0 heterocycles. The molecule has 0 aliphatic heterocycles. The van der Waals surface area contributed by atoms with Gasteiger partial charge in [-0.25, -0.2) is 0 Å². The molecule has 4 heteroatoms. The van der Waals surface area contributed by atoms with Gasteiger partial charge in [0.05, 0.1) is 0 Å². The van der Waals surface area contributed by atoms with Crippen molar-refractivity contribution < 1.29 is 9.59 Å². The van der Waals surface area contributed by atoms with Crippen LogP contribution in [0.1, 0.15) is 61.8 Å². The van der Waals surface area contributed by atoms with E-state index >= 15 is 0 Å². The summed E-state index contributed by atoms with van der Waals surface area (Å²) in [5.74, 6) is -0.209. The van der Waals surface area contributed by atoms with Crippen molar-refractivity contribution in [3.05, 3.63) is 107 Å². The van der Waals surface area contributed by atoms with E-state index in [1.807, 2.05) is 88.4 Å². The maximum Gasteiger partial charge on any atom is 0.243 e. The van der Waals surface area contributed by atoms with Crippen LogP contribution in [0.3, 0.4) is 0 Å². The Hall–Kier alpha value is -3.40. The Balaban J connectivity index is 1.94. The molecule has 0 aromatic heterocycles. The minimum absolute atomic E-state index is 0.0132. The maximum absolute atomic E-state index is 13.9. The maximum atomic E-state index is 13.9. The van der Waals surface area contributed by atoms with Crippen LogP contribution in [0, 0.1) is 6.92 Å². The van der Waals surface area contributed by atoms with Gasteiger partial charge in [-0.1, -0.05) is 97.4 Å². The smallest absolute Gasteiger partial charge is 0.243 e. The molecule has 0 radical (unpaired) electrons. The van der Waals surface area contributed by atoms with Gasteiger partial charge in [-0.05, 0) is 43.9 Å². The Morgan fingerprint density at radius 1 is 0.824 bits per heavy atom. The van der Waals surface area contributed by atoms with Crippen LogP contribution in [0.4, 0.5) is 0 Å². The van der Waals surface area contributed by atoms with Crippen LogP contribution >= 0.6 is 0 Å². The number of amides is 2. The molecule has 0 saturated heterocycles. The second kappa shape index (κ2) is 12.2. The van der Waals surface area contributed by atoms with Gasteiger partial charge < -0.3 is 10.2 Å². The van der Waals surface area contributed by atoms with Crippen LogP contribution in [0.2, 0.25) is 0 Å². The lowest BCUT2D eigenvalue weighted by Gasteiger charge is -2.32. The number of rotatable bonds is 10. The molecule has 0 aliphatic rings. The predicted octanol–water partition coefficient (Wildman–Crippen LogP) is 5.85. The van der Waals surface area contributed by atoms with E-state index in [0.29, 0.717) is 19.4 Å². The first kappa shape index (κ1) is 25.2. The average Bonchev–Trinajstić information content (AvgIpc) is 2.84. The molecule has 3 aromatic rings. The summed E-state index contributed by atoms with van der Waals surface area (Å²) in [6, 6.07) is 27.9. The fourth-order valence-electron chi connectivity index (χ4n) is 4.28. The molecule has 4 nitrogen and oxygen atoms in total. The second-order valence-electron chi connectivity index (χ2n) is 9.17. The number of aryl methyl sites for hydroxylation is 1. The number of hydrogen-bond acceptors (Lipinski definition) is 2. The third-order valence-corrected chi connectivity index (χ3v) is 6.07. The summed E-state index contributed by atoms with van der Waals surface area (Å²) in [5, 5.41) is 3.01. The summed E-state index contributed by atoms with van der Waals surface area (Å²) in [5.41, 5.74) is 4.37. The molecule has 1 unspecified atom stereocenters. The number of nitrogens with one attached hydrogen (secondary N) is 1. The van der Waals surface area contributed by atoms with Gasteiger partial charge in [0.25, 0.3) is 0 Å². The van der Waals surface area contributed by atoms with Crippen molar-refractivity contribution in [3.8, 4) is 0 Å². The van der Waals surface area contributed by atoms with Gasteiger partial charge >= 0.3 is 0 Å². The van der Waals surface area contributed by atoms with E-state index in [0.717, 1.165) is 16.7 Å². The van der Waals surface area contributed by atoms with Crippen LogP contribution in [-0.2, 0) is 16.1 Å². The van der Waals surface area contributed by atoms with E-state index in [1.54, 1.807) is 4.90 Å². The molecule has 2 amide bonds. The van der Waals surface area contributed by atoms with E-state index in [1.165, 1.54) is 5.56 Å². The van der Waals surface area contributed by atoms with Crippen molar-refractivity contribution >= 4 is 11.8 Å². The lowest BCUT2D eigenvalue weighted by molar-refractivity contribution is -0.141. The molecule has 1 N–H and O–H groups in total. The molecule has 178 valence electrons. The Bertz CT molecular complexity index is 1010. The van der Waals surface area contributed by atoms with Crippen LogP contribution in [0.15, 0.2) is 84.9 Å². The first-order valence-electron chi connectivity index (χ1n) is 12.1. The van der Waals surface area contributed by atoms with Crippen molar-refractivity contribution in [1.82, 2.24) is 10.2 Å². The van der Waals surface area contributed by atoms with Crippen molar-refractivity contribution in [3.63, 3.8) is 0 Å². The highest BCUT2D eigenvalue weighted by Gasteiger charge is 2.31. The summed E-state index contributed by atoms with van der Waals surface area (Å²) in [6.07, 6.45) is 0.850. The summed E-state index contributed by atoms with van der Waals surface area (Å²) in [7, 11) is 0. The van der Waals surface area contributed by atoms with Gasteiger partial charge in [0.15, 0.2) is 0 Å². The minimum Gasteiger partial charge on any atom is -0.352 e. The quantitative estimate of drug-likeness (QED) is 0.416. The van der Waals surface area contributed by atoms with E-state index in [9.17, 15) is 9.59 Å². The number of hydrogen-bond donors (Lipinski definition) is 1. The largest absolute Gasteiger partial charge is 0.352 e. The van der Waals surface area contributed by atoms with Gasteiger partial charge in [-0.3, -0.25) is 9.59 Å². The monoisotopic (exact) mass is 456 g/mol. The van der Waals surface area contributed by atoms with E-state index in [4.69, 9.17) is 0 Å². The summed E-state index contributed by atoms with van der Waals surface area (Å²) in [6.45, 7) is 8.29. The first-order valence-corrected chi connectivity index (χ1v) is 12.1. The Kier molecular flexibility index (Phi) is 9.03. The molecule has 0 fully saturated rings. The zero-order valence-corrected chi connectivity index (χ0v) is 20.7. The SMILES string of the molecule is CCC(C(=O)NC(C)C)N(Cc1ccc(C)cc1)C(=O)CC(c1ccccc1)c1ccccc1. The molecule has 1 atom stereocenters. The van der Waals surface area contributed by atoms with E-state index in [2.05, 4.69) is 29.6 Å². The van der Waals surface area contributed by atoms with Crippen molar-refractivity contribution in [2.24, 2.45) is 0 Å². The van der Waals surface area contributed by atoms with Gasteiger partial charge in [0, 0.05) is 24.9 Å². The molecule has 0 saturated carbocycles. The second-order valence-corrected chi connectivity index (χ2v) is 9.17. The summed E-state index contributed by atoms with van der Waals surface area (Å²) >= 11 is 0.